The standard InChI is InChI=1S/C15H12ClN3/c16-13-6-4-5-12(9-13)10-15-18-17-11-19(15)14-7-2-1-3-8-14/h1-9,11H,10H2. The Kier molecular flexibility index (Phi) is 3.29. The van der Waals surface area contributed by atoms with Gasteiger partial charge in [-0.3, -0.25) is 4.57 Å². The van der Waals surface area contributed by atoms with Gasteiger partial charge in [-0.1, -0.05) is 41.9 Å². The van der Waals surface area contributed by atoms with E-state index in [1.54, 1.807) is 6.33 Å². The van der Waals surface area contributed by atoms with Crippen molar-refractivity contribution in [2.45, 2.75) is 6.42 Å². The van der Waals surface area contributed by atoms with Crippen LogP contribution in [0, 0.1) is 0 Å². The van der Waals surface area contributed by atoms with Crippen LogP contribution in [-0.4, -0.2) is 14.8 Å². The van der Waals surface area contributed by atoms with Crippen molar-refractivity contribution in [3.8, 4) is 5.69 Å². The fraction of sp³-hybridized carbons (Fsp3) is 0.0667. The van der Waals surface area contributed by atoms with E-state index in [-0.39, 0.29) is 0 Å². The molecule has 1 heterocycles. The molecule has 0 saturated heterocycles. The van der Waals surface area contributed by atoms with Crippen LogP contribution >= 0.6 is 11.6 Å². The topological polar surface area (TPSA) is 30.7 Å². The molecule has 0 radical (unpaired) electrons. The molecule has 2 aromatic carbocycles. The fourth-order valence-corrected chi connectivity index (χ4v) is 2.23. The molecule has 94 valence electrons. The van der Waals surface area contributed by atoms with Crippen molar-refractivity contribution in [1.82, 2.24) is 14.8 Å². The molecule has 3 rings (SSSR count). The van der Waals surface area contributed by atoms with Crippen molar-refractivity contribution in [3.05, 3.63) is 77.3 Å². The monoisotopic (exact) mass is 269 g/mol. The number of hydrogen-bond acceptors (Lipinski definition) is 2. The lowest BCUT2D eigenvalue weighted by atomic mass is 10.1. The summed E-state index contributed by atoms with van der Waals surface area (Å²) in [6.07, 6.45) is 2.44. The SMILES string of the molecule is Clc1cccc(Cc2nncn2-c2ccccc2)c1. The van der Waals surface area contributed by atoms with E-state index >= 15 is 0 Å². The molecule has 0 amide bonds. The Bertz CT molecular complexity index is 677. The van der Waals surface area contributed by atoms with Crippen LogP contribution in [-0.2, 0) is 6.42 Å². The van der Waals surface area contributed by atoms with Crippen molar-refractivity contribution in [2.24, 2.45) is 0 Å². The minimum absolute atomic E-state index is 0.704. The van der Waals surface area contributed by atoms with E-state index in [4.69, 9.17) is 11.6 Å². The highest BCUT2D eigenvalue weighted by Gasteiger charge is 2.07. The van der Waals surface area contributed by atoms with Crippen molar-refractivity contribution < 1.29 is 0 Å². The van der Waals surface area contributed by atoms with Crippen LogP contribution in [0.25, 0.3) is 5.69 Å². The molecule has 19 heavy (non-hydrogen) atoms. The first kappa shape index (κ1) is 11.9. The van der Waals surface area contributed by atoms with Crippen LogP contribution in [0.5, 0.6) is 0 Å². The summed E-state index contributed by atoms with van der Waals surface area (Å²) in [5.41, 5.74) is 2.18. The van der Waals surface area contributed by atoms with Crippen molar-refractivity contribution in [3.63, 3.8) is 0 Å². The second-order valence-corrected chi connectivity index (χ2v) is 4.70. The lowest BCUT2D eigenvalue weighted by molar-refractivity contribution is 0.906. The molecule has 0 fully saturated rings. The zero-order valence-electron chi connectivity index (χ0n) is 10.2. The maximum atomic E-state index is 6.00. The van der Waals surface area contributed by atoms with Gasteiger partial charge in [0.2, 0.25) is 0 Å². The van der Waals surface area contributed by atoms with E-state index in [1.807, 2.05) is 59.2 Å². The highest BCUT2D eigenvalue weighted by atomic mass is 35.5. The van der Waals surface area contributed by atoms with Gasteiger partial charge >= 0.3 is 0 Å². The molecule has 4 heteroatoms. The van der Waals surface area contributed by atoms with E-state index in [2.05, 4.69) is 10.2 Å². The van der Waals surface area contributed by atoms with Crippen molar-refractivity contribution >= 4 is 11.6 Å². The van der Waals surface area contributed by atoms with E-state index in [9.17, 15) is 0 Å². The molecule has 1 aromatic heterocycles. The Hall–Kier alpha value is -2.13. The van der Waals surface area contributed by atoms with Crippen molar-refractivity contribution in [1.29, 1.82) is 0 Å². The van der Waals surface area contributed by atoms with Gasteiger partial charge in [-0.2, -0.15) is 0 Å². The van der Waals surface area contributed by atoms with Gasteiger partial charge in [0.15, 0.2) is 0 Å². The Morgan fingerprint density at radius 3 is 2.63 bits per heavy atom. The Morgan fingerprint density at radius 1 is 1.00 bits per heavy atom. The fourth-order valence-electron chi connectivity index (χ4n) is 2.01. The number of hydrogen-bond donors (Lipinski definition) is 0. The molecule has 0 N–H and O–H groups in total. The average Bonchev–Trinajstić information content (AvgIpc) is 2.88. The summed E-state index contributed by atoms with van der Waals surface area (Å²) in [6, 6.07) is 17.9. The summed E-state index contributed by atoms with van der Waals surface area (Å²) in [7, 11) is 0. The quantitative estimate of drug-likeness (QED) is 0.728. The molecule has 0 aliphatic rings. The molecule has 0 saturated carbocycles. The van der Waals surface area contributed by atoms with Gasteiger partial charge in [0.1, 0.15) is 12.2 Å². The number of para-hydroxylation sites is 1. The number of rotatable bonds is 3. The van der Waals surface area contributed by atoms with Crippen LogP contribution in [0.1, 0.15) is 11.4 Å². The number of nitrogens with zero attached hydrogens (tertiary/aromatic N) is 3. The van der Waals surface area contributed by atoms with Crippen LogP contribution in [0.15, 0.2) is 60.9 Å². The van der Waals surface area contributed by atoms with Crippen LogP contribution in [0.3, 0.4) is 0 Å². The van der Waals surface area contributed by atoms with E-state index in [0.29, 0.717) is 6.42 Å². The summed E-state index contributed by atoms with van der Waals surface area (Å²) < 4.78 is 1.99. The predicted octanol–water partition coefficient (Wildman–Crippen LogP) is 3.51. The maximum absolute atomic E-state index is 6.00. The molecule has 0 aliphatic carbocycles. The summed E-state index contributed by atoms with van der Waals surface area (Å²) in [6.45, 7) is 0. The van der Waals surface area contributed by atoms with E-state index in [1.165, 1.54) is 0 Å². The lowest BCUT2D eigenvalue weighted by Crippen LogP contribution is -2.01. The van der Waals surface area contributed by atoms with Gasteiger partial charge in [0.05, 0.1) is 0 Å². The molecule has 0 bridgehead atoms. The van der Waals surface area contributed by atoms with Gasteiger partial charge in [0, 0.05) is 17.1 Å². The summed E-state index contributed by atoms with van der Waals surface area (Å²) in [5.74, 6) is 0.897. The van der Waals surface area contributed by atoms with Gasteiger partial charge in [0.25, 0.3) is 0 Å². The van der Waals surface area contributed by atoms with E-state index < -0.39 is 0 Å². The third kappa shape index (κ3) is 2.66. The zero-order valence-corrected chi connectivity index (χ0v) is 11.0. The maximum Gasteiger partial charge on any atom is 0.141 e. The van der Waals surface area contributed by atoms with Crippen LogP contribution in [0.4, 0.5) is 0 Å². The highest BCUT2D eigenvalue weighted by molar-refractivity contribution is 6.30. The first-order valence-corrected chi connectivity index (χ1v) is 6.39. The molecule has 3 nitrogen and oxygen atoms in total. The second-order valence-electron chi connectivity index (χ2n) is 4.26. The highest BCUT2D eigenvalue weighted by Crippen LogP contribution is 2.16. The molecular formula is C15H12ClN3. The molecule has 0 aliphatic heterocycles. The smallest absolute Gasteiger partial charge is 0.141 e. The summed E-state index contributed by atoms with van der Waals surface area (Å²) >= 11 is 6.00. The number of aromatic nitrogens is 3. The Labute approximate surface area is 116 Å². The molecule has 0 spiro atoms. The van der Waals surface area contributed by atoms with E-state index in [0.717, 1.165) is 22.1 Å². The van der Waals surface area contributed by atoms with Crippen molar-refractivity contribution in [2.75, 3.05) is 0 Å². The normalized spacial score (nSPS) is 10.6. The number of halogens is 1. The minimum atomic E-state index is 0.704. The lowest BCUT2D eigenvalue weighted by Gasteiger charge is -2.06. The molecule has 3 aromatic rings. The largest absolute Gasteiger partial charge is 0.285 e. The molecule has 0 atom stereocenters. The van der Waals surface area contributed by atoms with Gasteiger partial charge in [-0.05, 0) is 29.8 Å². The molecule has 0 unspecified atom stereocenters. The second kappa shape index (κ2) is 5.24. The minimum Gasteiger partial charge on any atom is -0.285 e. The van der Waals surface area contributed by atoms with Gasteiger partial charge in [-0.25, -0.2) is 0 Å². The first-order chi connectivity index (χ1) is 9.33. The third-order valence-electron chi connectivity index (χ3n) is 2.90. The van der Waals surface area contributed by atoms with Gasteiger partial charge < -0.3 is 0 Å². The predicted molar refractivity (Wildman–Crippen MR) is 75.6 cm³/mol. The summed E-state index contributed by atoms with van der Waals surface area (Å²) in [5, 5.41) is 8.92. The van der Waals surface area contributed by atoms with Crippen LogP contribution < -0.4 is 0 Å². The van der Waals surface area contributed by atoms with Crippen LogP contribution in [0.2, 0.25) is 5.02 Å². The zero-order chi connectivity index (χ0) is 13.1. The Morgan fingerprint density at radius 2 is 1.84 bits per heavy atom. The summed E-state index contributed by atoms with van der Waals surface area (Å²) in [4.78, 5) is 0. The molecular weight excluding hydrogens is 258 g/mol. The Balaban J connectivity index is 1.93. The van der Waals surface area contributed by atoms with Gasteiger partial charge in [-0.15, -0.1) is 10.2 Å². The number of benzene rings is 2. The third-order valence-corrected chi connectivity index (χ3v) is 3.14. The first-order valence-electron chi connectivity index (χ1n) is 6.02. The average molecular weight is 270 g/mol.